The summed E-state index contributed by atoms with van der Waals surface area (Å²) < 4.78 is 41.9. The zero-order chi connectivity index (χ0) is 9.35. The first-order valence-electron chi connectivity index (χ1n) is 2.88. The second kappa shape index (κ2) is 2.72. The summed E-state index contributed by atoms with van der Waals surface area (Å²) in [6.45, 7) is 0. The molecule has 1 rings (SSSR count). The zero-order valence-electron chi connectivity index (χ0n) is 5.73. The molecule has 0 bridgehead atoms. The van der Waals surface area contributed by atoms with Gasteiger partial charge in [0.1, 0.15) is 4.90 Å². The van der Waals surface area contributed by atoms with Crippen molar-refractivity contribution in [1.29, 1.82) is 0 Å². The van der Waals surface area contributed by atoms with Crippen LogP contribution in [0.3, 0.4) is 0 Å². The van der Waals surface area contributed by atoms with Crippen molar-refractivity contribution in [3.05, 3.63) is 24.0 Å². The molecule has 1 aromatic rings. The van der Waals surface area contributed by atoms with E-state index in [0.717, 1.165) is 18.2 Å². The second-order valence-electron chi connectivity index (χ2n) is 2.06. The lowest BCUT2D eigenvalue weighted by Gasteiger charge is -1.99. The van der Waals surface area contributed by atoms with Crippen LogP contribution in [0, 0.1) is 5.82 Å². The minimum absolute atomic E-state index is 0.815. The van der Waals surface area contributed by atoms with Crippen LogP contribution >= 0.6 is 0 Å². The lowest BCUT2D eigenvalue weighted by Crippen LogP contribution is -2.01. The molecule has 0 aromatic heterocycles. The average Bonchev–Trinajstić information content (AvgIpc) is 1.92. The van der Waals surface area contributed by atoms with Crippen molar-refractivity contribution in [3.63, 3.8) is 0 Å². The summed E-state index contributed by atoms with van der Waals surface area (Å²) in [6, 6.07) is 2.94. The molecule has 0 fully saturated rings. The summed E-state index contributed by atoms with van der Waals surface area (Å²) in [4.78, 5) is -0.928. The molecule has 0 saturated carbocycles. The van der Waals surface area contributed by atoms with E-state index in [2.05, 4.69) is 0 Å². The molecule has 6 heteroatoms. The molecule has 0 radical (unpaired) electrons. The third kappa shape index (κ3) is 1.54. The maximum Gasteiger partial charge on any atom is 0.297 e. The Morgan fingerprint density at radius 1 is 1.33 bits per heavy atom. The number of hydrogen-bond acceptors (Lipinski definition) is 3. The van der Waals surface area contributed by atoms with Gasteiger partial charge in [0.2, 0.25) is 0 Å². The van der Waals surface area contributed by atoms with Gasteiger partial charge >= 0.3 is 0 Å². The Morgan fingerprint density at radius 3 is 2.33 bits per heavy atom. The molecule has 0 aliphatic heterocycles. The van der Waals surface area contributed by atoms with Crippen molar-refractivity contribution in [2.45, 2.75) is 4.90 Å². The quantitative estimate of drug-likeness (QED) is 0.644. The molecule has 0 saturated heterocycles. The Kier molecular flexibility index (Phi) is 2.03. The molecule has 1 aromatic carbocycles. The average molecular weight is 192 g/mol. The molecule has 0 amide bonds. The van der Waals surface area contributed by atoms with Gasteiger partial charge in [0.05, 0.1) is 0 Å². The number of aromatic hydroxyl groups is 1. The van der Waals surface area contributed by atoms with Gasteiger partial charge < -0.3 is 5.11 Å². The Hall–Kier alpha value is -1.14. The monoisotopic (exact) mass is 192 g/mol. The van der Waals surface area contributed by atoms with Crippen molar-refractivity contribution in [1.82, 2.24) is 0 Å². The van der Waals surface area contributed by atoms with Gasteiger partial charge in [-0.1, -0.05) is 6.07 Å². The van der Waals surface area contributed by atoms with E-state index < -0.39 is 26.6 Å². The zero-order valence-corrected chi connectivity index (χ0v) is 6.55. The largest absolute Gasteiger partial charge is 0.505 e. The van der Waals surface area contributed by atoms with Crippen molar-refractivity contribution < 1.29 is 22.5 Å². The molecule has 0 aliphatic rings. The summed E-state index contributed by atoms with van der Waals surface area (Å²) in [5.74, 6) is -2.16. The van der Waals surface area contributed by atoms with Crippen LogP contribution in [0.4, 0.5) is 4.39 Å². The van der Waals surface area contributed by atoms with Gasteiger partial charge in [-0.15, -0.1) is 0 Å². The van der Waals surface area contributed by atoms with Gasteiger partial charge in [-0.2, -0.15) is 8.42 Å². The van der Waals surface area contributed by atoms with Crippen LogP contribution < -0.4 is 0 Å². The molecule has 0 aliphatic carbocycles. The fourth-order valence-electron chi connectivity index (χ4n) is 0.698. The van der Waals surface area contributed by atoms with Crippen LogP contribution in [-0.4, -0.2) is 18.1 Å². The molecule has 0 unspecified atom stereocenters. The summed E-state index contributed by atoms with van der Waals surface area (Å²) in [6.07, 6.45) is 0. The van der Waals surface area contributed by atoms with E-state index in [9.17, 15) is 12.8 Å². The van der Waals surface area contributed by atoms with E-state index in [4.69, 9.17) is 9.66 Å². The summed E-state index contributed by atoms with van der Waals surface area (Å²) >= 11 is 0. The summed E-state index contributed by atoms with van der Waals surface area (Å²) in [5.41, 5.74) is 0. The minimum atomic E-state index is -4.59. The van der Waals surface area contributed by atoms with Crippen molar-refractivity contribution >= 4 is 10.1 Å². The molecule has 66 valence electrons. The van der Waals surface area contributed by atoms with E-state index in [0.29, 0.717) is 0 Å². The number of phenolic OH excluding ortho intramolecular Hbond substituents is 1. The fraction of sp³-hybridized carbons (Fsp3) is 0. The Bertz CT molecular complexity index is 398. The highest BCUT2D eigenvalue weighted by molar-refractivity contribution is 7.85. The van der Waals surface area contributed by atoms with Gasteiger partial charge in [-0.05, 0) is 12.1 Å². The predicted octanol–water partition coefficient (Wildman–Crippen LogP) is 0.778. The number of hydrogen-bond donors (Lipinski definition) is 2. The molecule has 0 spiro atoms. The molecular weight excluding hydrogens is 187 g/mol. The molecule has 0 heterocycles. The first-order valence-corrected chi connectivity index (χ1v) is 4.32. The minimum Gasteiger partial charge on any atom is -0.505 e. The predicted molar refractivity (Wildman–Crippen MR) is 37.9 cm³/mol. The highest BCUT2D eigenvalue weighted by Crippen LogP contribution is 2.21. The maximum absolute atomic E-state index is 12.7. The fourth-order valence-corrected chi connectivity index (χ4v) is 1.28. The Balaban J connectivity index is 3.47. The number of phenols is 1. The normalized spacial score (nSPS) is 11.5. The van der Waals surface area contributed by atoms with Crippen molar-refractivity contribution in [2.24, 2.45) is 0 Å². The highest BCUT2D eigenvalue weighted by atomic mass is 32.2. The molecule has 2 N–H and O–H groups in total. The second-order valence-corrected chi connectivity index (χ2v) is 3.45. The first kappa shape index (κ1) is 8.95. The van der Waals surface area contributed by atoms with Gasteiger partial charge in [-0.3, -0.25) is 4.55 Å². The molecule has 0 atom stereocenters. The van der Waals surface area contributed by atoms with Gasteiger partial charge in [0, 0.05) is 0 Å². The van der Waals surface area contributed by atoms with Crippen LogP contribution in [0.5, 0.6) is 5.75 Å². The van der Waals surface area contributed by atoms with Crippen molar-refractivity contribution in [3.8, 4) is 5.75 Å². The molecule has 4 nitrogen and oxygen atoms in total. The van der Waals surface area contributed by atoms with E-state index in [1.165, 1.54) is 0 Å². The van der Waals surface area contributed by atoms with Crippen LogP contribution in [0.1, 0.15) is 0 Å². The number of halogens is 1. The first-order chi connectivity index (χ1) is 5.43. The van der Waals surface area contributed by atoms with E-state index in [-0.39, 0.29) is 0 Å². The van der Waals surface area contributed by atoms with Gasteiger partial charge in [0.15, 0.2) is 11.6 Å². The Labute approximate surface area is 68.0 Å². The van der Waals surface area contributed by atoms with Crippen LogP contribution in [0.25, 0.3) is 0 Å². The highest BCUT2D eigenvalue weighted by Gasteiger charge is 2.17. The topological polar surface area (TPSA) is 74.6 Å². The van der Waals surface area contributed by atoms with Gasteiger partial charge in [0.25, 0.3) is 10.1 Å². The van der Waals surface area contributed by atoms with E-state index in [1.807, 2.05) is 0 Å². The molecule has 12 heavy (non-hydrogen) atoms. The summed E-state index contributed by atoms with van der Waals surface area (Å²) in [7, 11) is -4.59. The third-order valence-electron chi connectivity index (χ3n) is 1.22. The van der Waals surface area contributed by atoms with E-state index >= 15 is 0 Å². The SMILES string of the molecule is O=S(=O)(O)c1cccc(O)c1F. The summed E-state index contributed by atoms with van der Waals surface area (Å²) in [5, 5.41) is 8.71. The van der Waals surface area contributed by atoms with Crippen molar-refractivity contribution in [2.75, 3.05) is 0 Å². The lowest BCUT2D eigenvalue weighted by molar-refractivity contribution is 0.416. The van der Waals surface area contributed by atoms with Crippen LogP contribution in [-0.2, 0) is 10.1 Å². The third-order valence-corrected chi connectivity index (χ3v) is 2.09. The number of rotatable bonds is 1. The smallest absolute Gasteiger partial charge is 0.297 e. The lowest BCUT2D eigenvalue weighted by atomic mass is 10.3. The maximum atomic E-state index is 12.7. The standard InChI is InChI=1S/C6H5FO4S/c7-6-4(8)2-1-3-5(6)12(9,10)11/h1-3,8H,(H,9,10,11). The van der Waals surface area contributed by atoms with Crippen LogP contribution in [0.2, 0.25) is 0 Å². The number of benzene rings is 1. The van der Waals surface area contributed by atoms with Gasteiger partial charge in [-0.25, -0.2) is 4.39 Å². The molecular formula is C6H5FO4S. The Morgan fingerprint density at radius 2 is 1.92 bits per heavy atom. The van der Waals surface area contributed by atoms with Crippen LogP contribution in [0.15, 0.2) is 23.1 Å². The van der Waals surface area contributed by atoms with E-state index in [1.54, 1.807) is 0 Å².